The maximum Gasteiger partial charge on any atom is 0.241 e. The van der Waals surface area contributed by atoms with Crippen LogP contribution in [0.25, 0.3) is 21.8 Å². The fourth-order valence-corrected chi connectivity index (χ4v) is 3.74. The number of hydrazone groups is 1. The lowest BCUT2D eigenvalue weighted by atomic mass is 10.1. The van der Waals surface area contributed by atoms with Gasteiger partial charge in [0.2, 0.25) is 5.91 Å². The number of aromatic nitrogens is 1. The molecular formula is C23H19Cl2N3O. The topological polar surface area (TPSA) is 46.4 Å². The molecule has 0 saturated heterocycles. The van der Waals surface area contributed by atoms with Gasteiger partial charge in [-0.25, -0.2) is 5.43 Å². The third-order valence-corrected chi connectivity index (χ3v) is 5.67. The van der Waals surface area contributed by atoms with Gasteiger partial charge in [-0.05, 0) is 36.8 Å². The summed E-state index contributed by atoms with van der Waals surface area (Å²) in [5.41, 5.74) is 6.35. The molecule has 0 aliphatic heterocycles. The van der Waals surface area contributed by atoms with E-state index in [9.17, 15) is 4.79 Å². The Balaban J connectivity index is 1.49. The van der Waals surface area contributed by atoms with Crippen molar-refractivity contribution in [1.82, 2.24) is 9.99 Å². The van der Waals surface area contributed by atoms with Crippen LogP contribution in [0, 0.1) is 0 Å². The number of para-hydroxylation sites is 2. The van der Waals surface area contributed by atoms with Crippen LogP contribution in [-0.4, -0.2) is 16.2 Å². The van der Waals surface area contributed by atoms with Crippen molar-refractivity contribution in [1.29, 1.82) is 0 Å². The van der Waals surface area contributed by atoms with Gasteiger partial charge in [0.15, 0.2) is 0 Å². The van der Waals surface area contributed by atoms with Crippen LogP contribution in [0.3, 0.4) is 0 Å². The Hall–Kier alpha value is -2.82. The number of nitrogens with zero attached hydrogens (tertiary/aromatic N) is 2. The van der Waals surface area contributed by atoms with E-state index in [1.165, 1.54) is 10.8 Å². The summed E-state index contributed by atoms with van der Waals surface area (Å²) in [4.78, 5) is 12.4. The molecule has 3 aromatic carbocycles. The maximum absolute atomic E-state index is 12.4. The summed E-state index contributed by atoms with van der Waals surface area (Å²) < 4.78 is 2.18. The molecule has 6 heteroatoms. The minimum atomic E-state index is -0.147. The summed E-state index contributed by atoms with van der Waals surface area (Å²) in [6.07, 6.45) is 0.320. The molecule has 146 valence electrons. The van der Waals surface area contributed by atoms with E-state index in [0.29, 0.717) is 28.7 Å². The highest BCUT2D eigenvalue weighted by Crippen LogP contribution is 2.28. The van der Waals surface area contributed by atoms with Gasteiger partial charge in [-0.1, -0.05) is 65.7 Å². The van der Waals surface area contributed by atoms with E-state index in [4.69, 9.17) is 23.2 Å². The molecule has 1 amide bonds. The van der Waals surface area contributed by atoms with Crippen LogP contribution in [0.1, 0.15) is 18.9 Å². The molecule has 4 rings (SSSR count). The summed E-state index contributed by atoms with van der Waals surface area (Å²) >= 11 is 12.0. The number of rotatable bonds is 5. The summed E-state index contributed by atoms with van der Waals surface area (Å²) in [6, 6.07) is 21.7. The number of hydrogen-bond donors (Lipinski definition) is 1. The average Bonchev–Trinajstić information content (AvgIpc) is 3.06. The minimum Gasteiger partial charge on any atom is -0.340 e. The largest absolute Gasteiger partial charge is 0.340 e. The third kappa shape index (κ3) is 4.00. The van der Waals surface area contributed by atoms with E-state index in [1.807, 2.05) is 37.3 Å². The molecule has 0 spiro atoms. The Kier molecular flexibility index (Phi) is 5.56. The molecule has 0 atom stereocenters. The number of carbonyl (C=O) groups is 1. The highest BCUT2D eigenvalue weighted by Gasteiger charge is 2.11. The number of aryl methyl sites for hydroxylation is 1. The first kappa shape index (κ1) is 19.5. The fraction of sp³-hybridized carbons (Fsp3) is 0.130. The van der Waals surface area contributed by atoms with Gasteiger partial charge in [-0.15, -0.1) is 0 Å². The predicted octanol–water partition coefficient (Wildman–Crippen LogP) is 6.03. The first-order valence-electron chi connectivity index (χ1n) is 9.29. The first-order chi connectivity index (χ1) is 14.0. The number of fused-ring (bicyclic) bond motifs is 3. The Morgan fingerprint density at radius 1 is 0.931 bits per heavy atom. The smallest absolute Gasteiger partial charge is 0.241 e. The fourth-order valence-electron chi connectivity index (χ4n) is 3.45. The summed E-state index contributed by atoms with van der Waals surface area (Å²) in [5, 5.41) is 7.52. The minimum absolute atomic E-state index is 0.147. The zero-order chi connectivity index (χ0) is 20.4. The van der Waals surface area contributed by atoms with Crippen LogP contribution in [0.2, 0.25) is 10.0 Å². The number of nitrogens with one attached hydrogen (secondary N) is 1. The molecule has 0 radical (unpaired) electrons. The van der Waals surface area contributed by atoms with Gasteiger partial charge >= 0.3 is 0 Å². The van der Waals surface area contributed by atoms with Crippen molar-refractivity contribution in [3.63, 3.8) is 0 Å². The molecule has 4 aromatic rings. The molecular weight excluding hydrogens is 405 g/mol. The average molecular weight is 424 g/mol. The molecule has 1 N–H and O–H groups in total. The van der Waals surface area contributed by atoms with Gasteiger partial charge in [0.05, 0.1) is 15.8 Å². The molecule has 29 heavy (non-hydrogen) atoms. The Labute approximate surface area is 178 Å². The summed E-state index contributed by atoms with van der Waals surface area (Å²) in [6.45, 7) is 2.38. The van der Waals surface area contributed by atoms with Crippen molar-refractivity contribution in [3.05, 3.63) is 82.3 Å². The highest BCUT2D eigenvalue weighted by atomic mass is 35.5. The van der Waals surface area contributed by atoms with Gasteiger partial charge in [-0.3, -0.25) is 4.79 Å². The number of halogens is 2. The Morgan fingerprint density at radius 3 is 2.17 bits per heavy atom. The normalized spacial score (nSPS) is 11.9. The molecule has 0 unspecified atom stereocenters. The van der Waals surface area contributed by atoms with Gasteiger partial charge in [0.25, 0.3) is 0 Å². The van der Waals surface area contributed by atoms with Crippen LogP contribution in [0.15, 0.2) is 71.8 Å². The van der Waals surface area contributed by atoms with E-state index >= 15 is 0 Å². The number of carbonyl (C=O) groups excluding carboxylic acids is 1. The molecule has 0 aliphatic carbocycles. The second-order valence-electron chi connectivity index (χ2n) is 6.80. The van der Waals surface area contributed by atoms with Gasteiger partial charge in [0.1, 0.15) is 0 Å². The van der Waals surface area contributed by atoms with E-state index < -0.39 is 0 Å². The summed E-state index contributed by atoms with van der Waals surface area (Å²) in [5.74, 6) is -0.147. The summed E-state index contributed by atoms with van der Waals surface area (Å²) in [7, 11) is 0. The Bertz CT molecular complexity index is 1190. The van der Waals surface area contributed by atoms with Crippen molar-refractivity contribution in [3.8, 4) is 0 Å². The van der Waals surface area contributed by atoms with E-state index in [2.05, 4.69) is 39.4 Å². The van der Waals surface area contributed by atoms with Crippen molar-refractivity contribution in [2.75, 3.05) is 0 Å². The molecule has 4 nitrogen and oxygen atoms in total. The van der Waals surface area contributed by atoms with Crippen LogP contribution < -0.4 is 5.43 Å². The number of amides is 1. The maximum atomic E-state index is 12.4. The number of benzene rings is 3. The van der Waals surface area contributed by atoms with Crippen LogP contribution in [-0.2, 0) is 11.3 Å². The third-order valence-electron chi connectivity index (χ3n) is 4.93. The SMILES string of the molecule is C/C(=N/NC(=O)CCn1c2ccccc2c2ccccc21)c1ccc(Cl)c(Cl)c1. The lowest BCUT2D eigenvalue weighted by Crippen LogP contribution is -2.20. The highest BCUT2D eigenvalue weighted by molar-refractivity contribution is 6.42. The van der Waals surface area contributed by atoms with Gasteiger partial charge in [0, 0.05) is 34.8 Å². The van der Waals surface area contributed by atoms with Crippen molar-refractivity contribution in [2.45, 2.75) is 19.9 Å². The Morgan fingerprint density at radius 2 is 1.55 bits per heavy atom. The molecule has 1 aromatic heterocycles. The van der Waals surface area contributed by atoms with Gasteiger partial charge in [-0.2, -0.15) is 5.10 Å². The first-order valence-corrected chi connectivity index (χ1v) is 10.0. The zero-order valence-corrected chi connectivity index (χ0v) is 17.3. The number of hydrogen-bond acceptors (Lipinski definition) is 2. The molecule has 0 saturated carbocycles. The van der Waals surface area contributed by atoms with Crippen molar-refractivity contribution < 1.29 is 4.79 Å². The second kappa shape index (κ2) is 8.27. The lowest BCUT2D eigenvalue weighted by Gasteiger charge is -2.07. The van der Waals surface area contributed by atoms with Crippen LogP contribution in [0.5, 0.6) is 0 Å². The molecule has 0 fully saturated rings. The molecule has 0 aliphatic rings. The molecule has 1 heterocycles. The van der Waals surface area contributed by atoms with Crippen LogP contribution >= 0.6 is 23.2 Å². The second-order valence-corrected chi connectivity index (χ2v) is 7.61. The van der Waals surface area contributed by atoms with Crippen LogP contribution in [0.4, 0.5) is 0 Å². The standard InChI is InChI=1S/C23H19Cl2N3O/c1-15(16-10-11-19(24)20(25)14-16)26-27-23(29)12-13-28-21-8-4-2-6-17(21)18-7-3-5-9-22(18)28/h2-11,14H,12-13H2,1H3,(H,27,29)/b26-15-. The monoisotopic (exact) mass is 423 g/mol. The van der Waals surface area contributed by atoms with Crippen molar-refractivity contribution >= 4 is 56.6 Å². The zero-order valence-electron chi connectivity index (χ0n) is 15.8. The van der Waals surface area contributed by atoms with E-state index in [-0.39, 0.29) is 5.91 Å². The van der Waals surface area contributed by atoms with Gasteiger partial charge < -0.3 is 4.57 Å². The van der Waals surface area contributed by atoms with Crippen molar-refractivity contribution in [2.24, 2.45) is 5.10 Å². The predicted molar refractivity (Wildman–Crippen MR) is 121 cm³/mol. The van der Waals surface area contributed by atoms with E-state index in [1.54, 1.807) is 12.1 Å². The lowest BCUT2D eigenvalue weighted by molar-refractivity contribution is -0.121. The quantitative estimate of drug-likeness (QED) is 0.309. The molecule has 0 bridgehead atoms. The van der Waals surface area contributed by atoms with E-state index in [0.717, 1.165) is 16.6 Å².